The lowest BCUT2D eigenvalue weighted by Crippen LogP contribution is -2.61. The van der Waals surface area contributed by atoms with Crippen LogP contribution in [0.2, 0.25) is 0 Å². The fraction of sp³-hybridized carbons (Fsp3) is 0.649. The third-order valence-corrected chi connectivity index (χ3v) is 11.1. The van der Waals surface area contributed by atoms with Gasteiger partial charge in [0.15, 0.2) is 24.6 Å². The monoisotopic (exact) mass is 967 g/mol. The van der Waals surface area contributed by atoms with Crippen molar-refractivity contribution in [3.8, 4) is 0 Å². The molecule has 6 atom stereocenters. The molecular formula is C57H90O12. The Morgan fingerprint density at radius 1 is 0.507 bits per heavy atom. The summed E-state index contributed by atoms with van der Waals surface area (Å²) in [6.45, 7) is 5.62. The molecule has 0 spiro atoms. The smallest absolute Gasteiger partial charge is 0.335 e. The second kappa shape index (κ2) is 44.8. The Hall–Kier alpha value is -4.36. The molecule has 0 aromatic rings. The fourth-order valence-corrected chi connectivity index (χ4v) is 7.10. The average molecular weight is 967 g/mol. The van der Waals surface area contributed by atoms with Gasteiger partial charge in [0.2, 0.25) is 0 Å². The first kappa shape index (κ1) is 62.7. The van der Waals surface area contributed by atoms with Crippen molar-refractivity contribution in [1.29, 1.82) is 0 Å². The molecule has 0 bridgehead atoms. The van der Waals surface area contributed by atoms with Crippen molar-refractivity contribution in [2.75, 3.05) is 13.2 Å². The second-order valence-electron chi connectivity index (χ2n) is 17.4. The Labute approximate surface area is 415 Å². The second-order valence-corrected chi connectivity index (χ2v) is 17.4. The van der Waals surface area contributed by atoms with Gasteiger partial charge in [-0.05, 0) is 89.9 Å². The van der Waals surface area contributed by atoms with Crippen molar-refractivity contribution < 1.29 is 58.2 Å². The number of aliphatic hydroxyl groups is 2. The Bertz CT molecular complexity index is 1570. The number of carboxylic acid groups (broad SMARTS) is 1. The van der Waals surface area contributed by atoms with Gasteiger partial charge in [-0.3, -0.25) is 14.4 Å². The molecule has 1 heterocycles. The molecule has 69 heavy (non-hydrogen) atoms. The summed E-state index contributed by atoms with van der Waals surface area (Å²) in [7, 11) is 0. The van der Waals surface area contributed by atoms with Gasteiger partial charge in [0, 0.05) is 12.8 Å². The van der Waals surface area contributed by atoms with E-state index in [0.29, 0.717) is 19.3 Å². The molecule has 12 nitrogen and oxygen atoms in total. The zero-order valence-electron chi connectivity index (χ0n) is 42.5. The van der Waals surface area contributed by atoms with Crippen LogP contribution >= 0.6 is 0 Å². The maximum Gasteiger partial charge on any atom is 0.335 e. The fourth-order valence-electron chi connectivity index (χ4n) is 7.10. The largest absolute Gasteiger partial charge is 0.479 e. The number of ether oxygens (including phenoxy) is 5. The Morgan fingerprint density at radius 2 is 0.986 bits per heavy atom. The van der Waals surface area contributed by atoms with Crippen LogP contribution in [0.1, 0.15) is 188 Å². The van der Waals surface area contributed by atoms with E-state index < -0.39 is 67.3 Å². The lowest BCUT2D eigenvalue weighted by Gasteiger charge is -2.40. The predicted octanol–water partition coefficient (Wildman–Crippen LogP) is 12.6. The molecule has 1 aliphatic rings. The highest BCUT2D eigenvalue weighted by Gasteiger charge is 2.50. The topological polar surface area (TPSA) is 175 Å². The summed E-state index contributed by atoms with van der Waals surface area (Å²) in [4.78, 5) is 50.8. The highest BCUT2D eigenvalue weighted by Crippen LogP contribution is 2.26. The number of aliphatic carboxylic acids is 1. The van der Waals surface area contributed by atoms with Crippen molar-refractivity contribution in [3.63, 3.8) is 0 Å². The summed E-state index contributed by atoms with van der Waals surface area (Å²) >= 11 is 0. The van der Waals surface area contributed by atoms with E-state index in [0.717, 1.165) is 116 Å². The molecule has 1 fully saturated rings. The van der Waals surface area contributed by atoms with Gasteiger partial charge in [0.05, 0.1) is 13.0 Å². The number of esters is 3. The number of carbonyl (C=O) groups is 4. The minimum Gasteiger partial charge on any atom is -0.479 e. The zero-order valence-corrected chi connectivity index (χ0v) is 42.5. The number of carboxylic acids is 1. The van der Waals surface area contributed by atoms with Gasteiger partial charge in [0.25, 0.3) is 0 Å². The van der Waals surface area contributed by atoms with Crippen LogP contribution in [-0.2, 0) is 42.9 Å². The van der Waals surface area contributed by atoms with Crippen LogP contribution in [0, 0.1) is 0 Å². The van der Waals surface area contributed by atoms with Crippen molar-refractivity contribution >= 4 is 23.9 Å². The van der Waals surface area contributed by atoms with E-state index in [2.05, 4.69) is 99.8 Å². The van der Waals surface area contributed by atoms with Crippen LogP contribution in [-0.4, -0.2) is 89.2 Å². The highest BCUT2D eigenvalue weighted by molar-refractivity contribution is 5.74. The van der Waals surface area contributed by atoms with Gasteiger partial charge in [-0.25, -0.2) is 4.79 Å². The van der Waals surface area contributed by atoms with Gasteiger partial charge < -0.3 is 39.0 Å². The number of unbranched alkanes of at least 4 members (excludes halogenated alkanes) is 13. The molecule has 1 saturated heterocycles. The molecule has 6 unspecified atom stereocenters. The first-order chi connectivity index (χ1) is 33.6. The molecule has 390 valence electrons. The summed E-state index contributed by atoms with van der Waals surface area (Å²) < 4.78 is 28.1. The van der Waals surface area contributed by atoms with Crippen LogP contribution in [0.5, 0.6) is 0 Å². The van der Waals surface area contributed by atoms with Gasteiger partial charge in [-0.15, -0.1) is 0 Å². The van der Waals surface area contributed by atoms with Crippen molar-refractivity contribution in [3.05, 3.63) is 97.2 Å². The maximum absolute atomic E-state index is 13.1. The number of allylic oxidation sites excluding steroid dienone is 15. The van der Waals surface area contributed by atoms with Gasteiger partial charge in [-0.1, -0.05) is 176 Å². The van der Waals surface area contributed by atoms with Crippen molar-refractivity contribution in [1.82, 2.24) is 0 Å². The zero-order chi connectivity index (χ0) is 50.4. The molecule has 1 rings (SSSR count). The van der Waals surface area contributed by atoms with Gasteiger partial charge in [0.1, 0.15) is 18.8 Å². The third kappa shape index (κ3) is 35.4. The van der Waals surface area contributed by atoms with Gasteiger partial charge >= 0.3 is 23.9 Å². The molecule has 0 aromatic heterocycles. The minimum atomic E-state index is -1.92. The quantitative estimate of drug-likeness (QED) is 0.0229. The highest BCUT2D eigenvalue weighted by atomic mass is 16.7. The first-order valence-electron chi connectivity index (χ1n) is 26.2. The first-order valence-corrected chi connectivity index (χ1v) is 26.2. The normalized spacial score (nSPS) is 19.5. The Kier molecular flexibility index (Phi) is 40.7. The van der Waals surface area contributed by atoms with Crippen LogP contribution < -0.4 is 0 Å². The van der Waals surface area contributed by atoms with E-state index >= 15 is 0 Å². The summed E-state index contributed by atoms with van der Waals surface area (Å²) in [6.07, 6.45) is 45.7. The molecule has 0 aromatic carbocycles. The number of carbonyl (C=O) groups excluding carboxylic acids is 3. The molecule has 0 aliphatic carbocycles. The Morgan fingerprint density at radius 3 is 1.54 bits per heavy atom. The summed E-state index contributed by atoms with van der Waals surface area (Å²) in [6, 6.07) is 0. The molecular weight excluding hydrogens is 877 g/mol. The Balaban J connectivity index is 2.81. The van der Waals surface area contributed by atoms with Crippen LogP contribution in [0.3, 0.4) is 0 Å². The molecule has 12 heteroatoms. The molecule has 1 aliphatic heterocycles. The SMILES string of the molecule is CC/C=C\C/C=C\C/C=C\C/C=C\C/C=C\CC(=O)OCC(COC1OC(C(=O)O)C(O)C(O)C1OC(=O)CCCCCCC/C=C\CCCC)OC(=O)CCCCCCC/C=C\C/C=C\CCC. The predicted molar refractivity (Wildman–Crippen MR) is 275 cm³/mol. The van der Waals surface area contributed by atoms with E-state index in [1.165, 1.54) is 12.8 Å². The minimum absolute atomic E-state index is 0.0224. The summed E-state index contributed by atoms with van der Waals surface area (Å²) in [5.74, 6) is -3.33. The standard InChI is InChI=1S/C57H90O12/c1-4-7-10-13-16-19-22-24-25-27-29-31-34-37-40-43-49(58)65-46-48(67-50(59)44-41-38-35-33-30-26-23-20-17-14-11-8-5-2)47-66-57-55(53(62)52(61)54(69-57)56(63)64)68-51(60)45-42-39-36-32-28-21-18-15-12-9-6-3/h7,10-11,14-16,18-20,23-25,29,31,37,40,48,52-55,57,61-62H,4-6,8-9,12-13,17,21-22,26-28,30,32-36,38-39,41-47H2,1-3H3,(H,63,64)/b10-7-,14-11-,18-15-,19-16-,23-20-,25-24-,31-29-,40-37-. The van der Waals surface area contributed by atoms with Crippen LogP contribution in [0.15, 0.2) is 97.2 Å². The lowest BCUT2D eigenvalue weighted by molar-refractivity contribution is -0.301. The van der Waals surface area contributed by atoms with E-state index in [9.17, 15) is 34.5 Å². The number of aliphatic hydroxyl groups excluding tert-OH is 2. The number of hydrogen-bond acceptors (Lipinski definition) is 11. The summed E-state index contributed by atoms with van der Waals surface area (Å²) in [5.41, 5.74) is 0. The molecule has 0 amide bonds. The van der Waals surface area contributed by atoms with E-state index in [1.54, 1.807) is 6.08 Å². The van der Waals surface area contributed by atoms with E-state index in [-0.39, 0.29) is 25.9 Å². The van der Waals surface area contributed by atoms with Crippen molar-refractivity contribution in [2.24, 2.45) is 0 Å². The molecule has 0 saturated carbocycles. The molecule has 3 N–H and O–H groups in total. The lowest BCUT2D eigenvalue weighted by atomic mass is 9.98. The van der Waals surface area contributed by atoms with E-state index in [1.807, 2.05) is 12.2 Å². The summed E-state index contributed by atoms with van der Waals surface area (Å²) in [5, 5.41) is 31.3. The van der Waals surface area contributed by atoms with Crippen molar-refractivity contribution in [2.45, 2.75) is 225 Å². The number of hydrogen-bond donors (Lipinski definition) is 3. The third-order valence-electron chi connectivity index (χ3n) is 11.1. The van der Waals surface area contributed by atoms with Crippen LogP contribution in [0.25, 0.3) is 0 Å². The van der Waals surface area contributed by atoms with E-state index in [4.69, 9.17) is 23.7 Å². The maximum atomic E-state index is 13.1. The van der Waals surface area contributed by atoms with Crippen LogP contribution in [0.4, 0.5) is 0 Å². The molecule has 0 radical (unpaired) electrons. The average Bonchev–Trinajstić information content (AvgIpc) is 3.33. The van der Waals surface area contributed by atoms with Gasteiger partial charge in [-0.2, -0.15) is 0 Å². The number of rotatable bonds is 42.